The first kappa shape index (κ1) is 17.5. The molecule has 3 aromatic rings. The van der Waals surface area contributed by atoms with E-state index in [1.54, 1.807) is 18.2 Å². The van der Waals surface area contributed by atoms with E-state index in [1.807, 2.05) is 36.4 Å². The van der Waals surface area contributed by atoms with Crippen molar-refractivity contribution in [2.75, 3.05) is 17.7 Å². The lowest BCUT2D eigenvalue weighted by Gasteiger charge is -2.10. The number of anilines is 2. The van der Waals surface area contributed by atoms with Crippen LogP contribution < -0.4 is 15.4 Å². The Bertz CT molecular complexity index is 892. The van der Waals surface area contributed by atoms with Gasteiger partial charge in [0.2, 0.25) is 5.88 Å². The van der Waals surface area contributed by atoms with Crippen LogP contribution in [0.15, 0.2) is 66.7 Å². The zero-order valence-electron chi connectivity index (χ0n) is 14.8. The number of carbonyl (C=O) groups excluding carboxylic acids is 1. The minimum Gasteiger partial charge on any atom is -0.481 e. The Kier molecular flexibility index (Phi) is 5.49. The summed E-state index contributed by atoms with van der Waals surface area (Å²) in [5.41, 5.74) is 3.99. The minimum absolute atomic E-state index is 0.204. The van der Waals surface area contributed by atoms with Gasteiger partial charge in [0.1, 0.15) is 5.82 Å². The molecule has 0 spiro atoms. The largest absolute Gasteiger partial charge is 0.481 e. The number of methoxy groups -OCH3 is 1. The molecule has 5 nitrogen and oxygen atoms in total. The zero-order chi connectivity index (χ0) is 18.4. The number of benzene rings is 2. The third-order valence-corrected chi connectivity index (χ3v) is 4.02. The van der Waals surface area contributed by atoms with Gasteiger partial charge in [-0.25, -0.2) is 0 Å². The Morgan fingerprint density at radius 3 is 2.50 bits per heavy atom. The number of rotatable bonds is 6. The van der Waals surface area contributed by atoms with E-state index in [0.717, 1.165) is 11.3 Å². The number of aryl methyl sites for hydroxylation is 1. The molecule has 0 aliphatic rings. The lowest BCUT2D eigenvalue weighted by molar-refractivity contribution is 0.102. The number of carbonyl (C=O) groups is 1. The molecule has 0 bridgehead atoms. The lowest BCUT2D eigenvalue weighted by atomic mass is 10.1. The van der Waals surface area contributed by atoms with Gasteiger partial charge < -0.3 is 15.4 Å². The molecular formula is C21H21N3O2. The molecule has 0 aliphatic carbocycles. The molecule has 0 radical (unpaired) electrons. The highest BCUT2D eigenvalue weighted by Gasteiger charge is 2.07. The monoisotopic (exact) mass is 347 g/mol. The highest BCUT2D eigenvalue weighted by atomic mass is 16.5. The summed E-state index contributed by atoms with van der Waals surface area (Å²) in [6.07, 6.45) is 0. The molecule has 0 unspecified atom stereocenters. The minimum atomic E-state index is -0.204. The third-order valence-electron chi connectivity index (χ3n) is 4.02. The molecule has 0 atom stereocenters. The summed E-state index contributed by atoms with van der Waals surface area (Å²) in [5, 5.41) is 6.18. The Labute approximate surface area is 153 Å². The summed E-state index contributed by atoms with van der Waals surface area (Å²) in [6.45, 7) is 2.77. The fourth-order valence-corrected chi connectivity index (χ4v) is 2.53. The first-order valence-electron chi connectivity index (χ1n) is 8.36. The standard InChI is InChI=1S/C21H21N3O2/c1-15-6-3-4-7-18(15)22-14-16-10-12-17(13-11-16)21(25)24-19-8-5-9-20(23-19)26-2/h3-13,22H,14H2,1-2H3,(H,23,24,25). The molecule has 0 saturated heterocycles. The fourth-order valence-electron chi connectivity index (χ4n) is 2.53. The van der Waals surface area contributed by atoms with Crippen LogP contribution in [0.4, 0.5) is 11.5 Å². The number of aromatic nitrogens is 1. The van der Waals surface area contributed by atoms with Crippen LogP contribution in [0.3, 0.4) is 0 Å². The number of para-hydroxylation sites is 1. The van der Waals surface area contributed by atoms with Gasteiger partial charge in [0.15, 0.2) is 0 Å². The Morgan fingerprint density at radius 1 is 1.00 bits per heavy atom. The highest BCUT2D eigenvalue weighted by molar-refractivity contribution is 6.03. The number of nitrogens with zero attached hydrogens (tertiary/aromatic N) is 1. The predicted molar refractivity (Wildman–Crippen MR) is 104 cm³/mol. The van der Waals surface area contributed by atoms with Gasteiger partial charge in [-0.3, -0.25) is 4.79 Å². The SMILES string of the molecule is COc1cccc(NC(=O)c2ccc(CNc3ccccc3C)cc2)n1. The molecule has 2 N–H and O–H groups in total. The number of pyridine rings is 1. The van der Waals surface area contributed by atoms with Crippen LogP contribution in [-0.4, -0.2) is 18.0 Å². The van der Waals surface area contributed by atoms with E-state index in [2.05, 4.69) is 34.7 Å². The van der Waals surface area contributed by atoms with E-state index in [9.17, 15) is 4.79 Å². The Morgan fingerprint density at radius 2 is 1.77 bits per heavy atom. The average molecular weight is 347 g/mol. The molecule has 1 heterocycles. The molecule has 132 valence electrons. The first-order valence-corrected chi connectivity index (χ1v) is 8.36. The second kappa shape index (κ2) is 8.16. The highest BCUT2D eigenvalue weighted by Crippen LogP contribution is 2.16. The molecule has 0 fully saturated rings. The van der Waals surface area contributed by atoms with E-state index in [-0.39, 0.29) is 5.91 Å². The topological polar surface area (TPSA) is 63.2 Å². The van der Waals surface area contributed by atoms with Crippen molar-refractivity contribution >= 4 is 17.4 Å². The molecule has 2 aromatic carbocycles. The van der Waals surface area contributed by atoms with Crippen LogP contribution in [0.2, 0.25) is 0 Å². The number of amides is 1. The van der Waals surface area contributed by atoms with E-state index in [1.165, 1.54) is 12.7 Å². The van der Waals surface area contributed by atoms with Gasteiger partial charge in [-0.05, 0) is 42.3 Å². The number of ether oxygens (including phenoxy) is 1. The fraction of sp³-hybridized carbons (Fsp3) is 0.143. The number of nitrogens with one attached hydrogen (secondary N) is 2. The van der Waals surface area contributed by atoms with Gasteiger partial charge in [0.05, 0.1) is 7.11 Å². The van der Waals surface area contributed by atoms with Crippen molar-refractivity contribution in [3.63, 3.8) is 0 Å². The van der Waals surface area contributed by atoms with Crippen molar-refractivity contribution < 1.29 is 9.53 Å². The van der Waals surface area contributed by atoms with Crippen molar-refractivity contribution in [2.45, 2.75) is 13.5 Å². The zero-order valence-corrected chi connectivity index (χ0v) is 14.8. The lowest BCUT2D eigenvalue weighted by Crippen LogP contribution is -2.13. The van der Waals surface area contributed by atoms with Crippen molar-refractivity contribution in [3.8, 4) is 5.88 Å². The van der Waals surface area contributed by atoms with Gasteiger partial charge in [0, 0.05) is 23.9 Å². The average Bonchev–Trinajstić information content (AvgIpc) is 2.68. The Balaban J connectivity index is 1.61. The van der Waals surface area contributed by atoms with Crippen LogP contribution in [0.5, 0.6) is 5.88 Å². The van der Waals surface area contributed by atoms with Crippen molar-refractivity contribution in [1.29, 1.82) is 0 Å². The Hall–Kier alpha value is -3.34. The predicted octanol–water partition coefficient (Wildman–Crippen LogP) is 4.26. The smallest absolute Gasteiger partial charge is 0.256 e. The maximum atomic E-state index is 12.3. The molecular weight excluding hydrogens is 326 g/mol. The molecule has 5 heteroatoms. The number of hydrogen-bond acceptors (Lipinski definition) is 4. The van der Waals surface area contributed by atoms with Crippen LogP contribution >= 0.6 is 0 Å². The van der Waals surface area contributed by atoms with E-state index in [4.69, 9.17) is 4.74 Å². The summed E-state index contributed by atoms with van der Waals surface area (Å²) >= 11 is 0. The van der Waals surface area contributed by atoms with Gasteiger partial charge in [-0.2, -0.15) is 4.98 Å². The maximum absolute atomic E-state index is 12.3. The molecule has 0 aliphatic heterocycles. The maximum Gasteiger partial charge on any atom is 0.256 e. The van der Waals surface area contributed by atoms with Gasteiger partial charge >= 0.3 is 0 Å². The second-order valence-electron chi connectivity index (χ2n) is 5.88. The molecule has 0 saturated carbocycles. The summed E-state index contributed by atoms with van der Waals surface area (Å²) < 4.78 is 5.06. The van der Waals surface area contributed by atoms with Crippen LogP contribution in [0.25, 0.3) is 0 Å². The molecule has 1 amide bonds. The first-order chi connectivity index (χ1) is 12.7. The molecule has 3 rings (SSSR count). The van der Waals surface area contributed by atoms with Gasteiger partial charge in [-0.15, -0.1) is 0 Å². The number of hydrogen-bond donors (Lipinski definition) is 2. The van der Waals surface area contributed by atoms with Crippen LogP contribution in [-0.2, 0) is 6.54 Å². The van der Waals surface area contributed by atoms with E-state index >= 15 is 0 Å². The normalized spacial score (nSPS) is 10.2. The van der Waals surface area contributed by atoms with Crippen LogP contribution in [0.1, 0.15) is 21.5 Å². The molecule has 1 aromatic heterocycles. The summed E-state index contributed by atoms with van der Waals surface area (Å²) in [7, 11) is 1.54. The summed E-state index contributed by atoms with van der Waals surface area (Å²) in [4.78, 5) is 16.5. The second-order valence-corrected chi connectivity index (χ2v) is 5.88. The van der Waals surface area contributed by atoms with E-state index < -0.39 is 0 Å². The van der Waals surface area contributed by atoms with Crippen molar-refractivity contribution in [2.24, 2.45) is 0 Å². The summed E-state index contributed by atoms with van der Waals surface area (Å²) in [6, 6.07) is 20.9. The van der Waals surface area contributed by atoms with Gasteiger partial charge in [0.25, 0.3) is 5.91 Å². The van der Waals surface area contributed by atoms with E-state index in [0.29, 0.717) is 23.8 Å². The van der Waals surface area contributed by atoms with Gasteiger partial charge in [-0.1, -0.05) is 36.4 Å². The third kappa shape index (κ3) is 4.39. The van der Waals surface area contributed by atoms with Crippen molar-refractivity contribution in [1.82, 2.24) is 4.98 Å². The van der Waals surface area contributed by atoms with Crippen molar-refractivity contribution in [3.05, 3.63) is 83.4 Å². The summed E-state index contributed by atoms with van der Waals surface area (Å²) in [5.74, 6) is 0.712. The quantitative estimate of drug-likeness (QED) is 0.699. The van der Waals surface area contributed by atoms with Crippen LogP contribution in [0, 0.1) is 6.92 Å². The molecule has 26 heavy (non-hydrogen) atoms.